The van der Waals surface area contributed by atoms with E-state index in [-0.39, 0.29) is 24.2 Å². The highest BCUT2D eigenvalue weighted by Gasteiger charge is 2.50. The second-order valence-electron chi connectivity index (χ2n) is 4.55. The summed E-state index contributed by atoms with van der Waals surface area (Å²) in [7, 11) is 1.71. The molecule has 3 heteroatoms. The van der Waals surface area contributed by atoms with Crippen LogP contribution in [0.15, 0.2) is 0 Å². The number of methoxy groups -OCH3 is 1. The number of hydrogen-bond donors (Lipinski definition) is 1. The van der Waals surface area contributed by atoms with Crippen LogP contribution >= 0.6 is 0 Å². The molecule has 3 nitrogen and oxygen atoms in total. The normalized spacial score (nSPS) is 31.2. The fourth-order valence-electron chi connectivity index (χ4n) is 2.18. The van der Waals surface area contributed by atoms with Crippen LogP contribution in [-0.4, -0.2) is 36.6 Å². The Morgan fingerprint density at radius 3 is 2.50 bits per heavy atom. The fourth-order valence-corrected chi connectivity index (χ4v) is 2.18. The largest absolute Gasteiger partial charge is 0.389 e. The summed E-state index contributed by atoms with van der Waals surface area (Å²) in [4.78, 5) is 0. The third-order valence-corrected chi connectivity index (χ3v) is 3.48. The van der Waals surface area contributed by atoms with Gasteiger partial charge in [0.05, 0.1) is 18.3 Å². The number of aliphatic hydroxyl groups excluding tert-OH is 1. The van der Waals surface area contributed by atoms with Crippen LogP contribution in [0.2, 0.25) is 0 Å². The lowest BCUT2D eigenvalue weighted by molar-refractivity contribution is 0.0445. The van der Waals surface area contributed by atoms with E-state index in [1.54, 1.807) is 7.11 Å². The van der Waals surface area contributed by atoms with Crippen molar-refractivity contribution in [2.24, 2.45) is 11.8 Å². The first-order chi connectivity index (χ1) is 7.56. The van der Waals surface area contributed by atoms with Crippen molar-refractivity contribution in [3.63, 3.8) is 0 Å². The van der Waals surface area contributed by atoms with Crippen molar-refractivity contribution in [1.29, 1.82) is 0 Å². The van der Waals surface area contributed by atoms with Crippen molar-refractivity contribution in [1.82, 2.24) is 0 Å². The molecule has 0 aliphatic carbocycles. The molecule has 6 atom stereocenters. The summed E-state index contributed by atoms with van der Waals surface area (Å²) in [5, 5.41) is 9.90. The average Bonchev–Trinajstić information content (AvgIpc) is 3.08. The van der Waals surface area contributed by atoms with Crippen LogP contribution in [0.25, 0.3) is 0 Å². The highest BCUT2D eigenvalue weighted by atomic mass is 16.6. The van der Waals surface area contributed by atoms with Crippen molar-refractivity contribution in [2.75, 3.05) is 7.11 Å². The van der Waals surface area contributed by atoms with E-state index in [0.717, 1.165) is 6.42 Å². The summed E-state index contributed by atoms with van der Waals surface area (Å²) < 4.78 is 10.9. The molecule has 92 valence electrons. The number of ether oxygens (including phenoxy) is 2. The quantitative estimate of drug-likeness (QED) is 0.550. The maximum atomic E-state index is 9.90. The lowest BCUT2D eigenvalue weighted by Gasteiger charge is -2.20. The summed E-state index contributed by atoms with van der Waals surface area (Å²) in [5.74, 6) is 2.67. The lowest BCUT2D eigenvalue weighted by atomic mass is 9.92. The van der Waals surface area contributed by atoms with Crippen LogP contribution in [-0.2, 0) is 9.47 Å². The summed E-state index contributed by atoms with van der Waals surface area (Å²) in [6, 6.07) is 0. The first-order valence-electron chi connectivity index (χ1n) is 5.89. The zero-order valence-electron chi connectivity index (χ0n) is 10.5. The van der Waals surface area contributed by atoms with Crippen molar-refractivity contribution < 1.29 is 14.6 Å². The SMILES string of the molecule is C#C[C@H](C)[C@@H](O)[C@H]1O[C@@H]1[C@H](C)[C@H](CC)OC. The van der Waals surface area contributed by atoms with Gasteiger partial charge in [-0.1, -0.05) is 13.8 Å². The molecule has 1 N–H and O–H groups in total. The predicted octanol–water partition coefficient (Wildman–Crippen LogP) is 1.45. The predicted molar refractivity (Wildman–Crippen MR) is 62.9 cm³/mol. The maximum absolute atomic E-state index is 9.90. The summed E-state index contributed by atoms with van der Waals surface area (Å²) in [5.41, 5.74) is 0. The van der Waals surface area contributed by atoms with Crippen LogP contribution in [0.5, 0.6) is 0 Å². The van der Waals surface area contributed by atoms with Gasteiger partial charge < -0.3 is 14.6 Å². The van der Waals surface area contributed by atoms with E-state index >= 15 is 0 Å². The zero-order chi connectivity index (χ0) is 12.3. The minimum absolute atomic E-state index is 0.0794. The molecular weight excluding hydrogens is 204 g/mol. The summed E-state index contributed by atoms with van der Waals surface area (Å²) in [6.07, 6.45) is 5.81. The maximum Gasteiger partial charge on any atom is 0.112 e. The Labute approximate surface area is 98.1 Å². The van der Waals surface area contributed by atoms with Gasteiger partial charge in [-0.3, -0.25) is 0 Å². The Bertz CT molecular complexity index is 254. The minimum Gasteiger partial charge on any atom is -0.389 e. The van der Waals surface area contributed by atoms with E-state index in [0.29, 0.717) is 5.92 Å². The first kappa shape index (κ1) is 13.5. The first-order valence-corrected chi connectivity index (χ1v) is 5.89. The van der Waals surface area contributed by atoms with Gasteiger partial charge in [0.25, 0.3) is 0 Å². The highest BCUT2D eigenvalue weighted by Crippen LogP contribution is 2.37. The molecule has 0 radical (unpaired) electrons. The van der Waals surface area contributed by atoms with E-state index in [2.05, 4.69) is 19.8 Å². The Morgan fingerprint density at radius 1 is 1.44 bits per heavy atom. The number of aliphatic hydroxyl groups is 1. The van der Waals surface area contributed by atoms with Crippen molar-refractivity contribution in [3.05, 3.63) is 0 Å². The number of hydrogen-bond acceptors (Lipinski definition) is 3. The van der Waals surface area contributed by atoms with Crippen molar-refractivity contribution in [2.45, 2.75) is 51.6 Å². The molecule has 1 heterocycles. The van der Waals surface area contributed by atoms with Gasteiger partial charge in [-0.05, 0) is 13.3 Å². The molecular formula is C13H22O3. The summed E-state index contributed by atoms with van der Waals surface area (Å²) >= 11 is 0. The second-order valence-corrected chi connectivity index (χ2v) is 4.55. The van der Waals surface area contributed by atoms with Crippen LogP contribution < -0.4 is 0 Å². The van der Waals surface area contributed by atoms with Crippen molar-refractivity contribution in [3.8, 4) is 12.3 Å². The van der Waals surface area contributed by atoms with Gasteiger partial charge in [-0.25, -0.2) is 0 Å². The van der Waals surface area contributed by atoms with E-state index in [4.69, 9.17) is 15.9 Å². The average molecular weight is 226 g/mol. The third-order valence-electron chi connectivity index (χ3n) is 3.48. The Kier molecular flexibility index (Phi) is 4.79. The molecule has 0 spiro atoms. The van der Waals surface area contributed by atoms with E-state index in [1.165, 1.54) is 0 Å². The molecule has 0 aromatic rings. The van der Waals surface area contributed by atoms with Crippen LogP contribution in [0, 0.1) is 24.2 Å². The van der Waals surface area contributed by atoms with Gasteiger partial charge in [-0.15, -0.1) is 12.3 Å². The molecule has 16 heavy (non-hydrogen) atoms. The molecule has 1 aliphatic rings. The standard InChI is InChI=1S/C13H22O3/c1-6-8(3)11(14)13-12(16-13)9(4)10(7-2)15-5/h1,8-14H,7H2,2-5H3/t8-,9+,10-,11+,12+,13+/m0/s1. The van der Waals surface area contributed by atoms with Gasteiger partial charge in [-0.2, -0.15) is 0 Å². The third kappa shape index (κ3) is 2.76. The Morgan fingerprint density at radius 2 is 2.06 bits per heavy atom. The molecule has 1 aliphatic heterocycles. The Hall–Kier alpha value is -0.560. The fraction of sp³-hybridized carbons (Fsp3) is 0.846. The molecule has 0 amide bonds. The van der Waals surface area contributed by atoms with E-state index < -0.39 is 6.10 Å². The number of terminal acetylenes is 1. The molecule has 1 saturated heterocycles. The second kappa shape index (κ2) is 5.67. The molecule has 1 rings (SSSR count). The molecule has 0 aromatic heterocycles. The van der Waals surface area contributed by atoms with Gasteiger partial charge in [0.15, 0.2) is 0 Å². The van der Waals surface area contributed by atoms with E-state index in [1.807, 2.05) is 6.92 Å². The van der Waals surface area contributed by atoms with Gasteiger partial charge in [0, 0.05) is 18.9 Å². The number of rotatable bonds is 6. The van der Waals surface area contributed by atoms with Crippen LogP contribution in [0.1, 0.15) is 27.2 Å². The molecule has 0 aromatic carbocycles. The molecule has 1 fully saturated rings. The smallest absolute Gasteiger partial charge is 0.112 e. The van der Waals surface area contributed by atoms with Gasteiger partial charge >= 0.3 is 0 Å². The van der Waals surface area contributed by atoms with Crippen LogP contribution in [0.4, 0.5) is 0 Å². The highest BCUT2D eigenvalue weighted by molar-refractivity contribution is 5.04. The minimum atomic E-state index is -0.563. The molecule has 0 bridgehead atoms. The van der Waals surface area contributed by atoms with Crippen molar-refractivity contribution >= 4 is 0 Å². The molecule has 0 saturated carbocycles. The van der Waals surface area contributed by atoms with E-state index in [9.17, 15) is 5.11 Å². The monoisotopic (exact) mass is 226 g/mol. The van der Waals surface area contributed by atoms with Gasteiger partial charge in [0.1, 0.15) is 6.10 Å². The summed E-state index contributed by atoms with van der Waals surface area (Å²) in [6.45, 7) is 6.01. The van der Waals surface area contributed by atoms with Crippen LogP contribution in [0.3, 0.4) is 0 Å². The molecule has 0 unspecified atom stereocenters. The zero-order valence-corrected chi connectivity index (χ0v) is 10.5. The topological polar surface area (TPSA) is 42.0 Å². The van der Waals surface area contributed by atoms with Gasteiger partial charge in [0.2, 0.25) is 0 Å². The Balaban J connectivity index is 2.47. The number of epoxide rings is 1. The lowest BCUT2D eigenvalue weighted by Crippen LogP contribution is -2.30.